The van der Waals surface area contributed by atoms with Crippen molar-refractivity contribution in [3.05, 3.63) is 28.1 Å². The Labute approximate surface area is 90.7 Å². The van der Waals surface area contributed by atoms with Crippen LogP contribution in [0.15, 0.2) is 23.3 Å². The fourth-order valence-electron chi connectivity index (χ4n) is 1.10. The zero-order valence-electron chi connectivity index (χ0n) is 7.19. The topological polar surface area (TPSA) is 46.5 Å². The lowest BCUT2D eigenvalue weighted by Crippen LogP contribution is -2.05. The Morgan fingerprint density at radius 2 is 2.14 bits per heavy atom. The van der Waals surface area contributed by atoms with Gasteiger partial charge in [0.25, 0.3) is 0 Å². The van der Waals surface area contributed by atoms with Gasteiger partial charge in [0, 0.05) is 16.0 Å². The van der Waals surface area contributed by atoms with Crippen LogP contribution in [0.1, 0.15) is 9.75 Å². The van der Waals surface area contributed by atoms with E-state index < -0.39 is 9.84 Å². The van der Waals surface area contributed by atoms with Gasteiger partial charge in [0.15, 0.2) is 0 Å². The summed E-state index contributed by atoms with van der Waals surface area (Å²) in [5.41, 5.74) is 0. The van der Waals surface area contributed by atoms with Crippen LogP contribution in [0.5, 0.6) is 0 Å². The van der Waals surface area contributed by atoms with E-state index in [9.17, 15) is 8.42 Å². The first-order valence-corrected chi connectivity index (χ1v) is 6.45. The molecular formula is C8H6ClNO2S2. The predicted octanol–water partition coefficient (Wildman–Crippen LogP) is 2.38. The molecule has 0 bridgehead atoms. The zero-order valence-corrected chi connectivity index (χ0v) is 9.58. The van der Waals surface area contributed by atoms with Crippen LogP contribution >= 0.6 is 22.9 Å². The number of aliphatic imine (C=N–C) groups is 1. The van der Waals surface area contributed by atoms with Gasteiger partial charge in [0.1, 0.15) is 4.91 Å². The average Bonchev–Trinajstić information content (AvgIpc) is 2.60. The SMILES string of the molecule is Cc1ccc(C2=CN=C(Cl)S2(=O)=O)s1. The summed E-state index contributed by atoms with van der Waals surface area (Å²) < 4.78 is 22.8. The minimum Gasteiger partial charge on any atom is -0.232 e. The molecule has 1 aliphatic rings. The lowest BCUT2D eigenvalue weighted by atomic mass is 10.4. The summed E-state index contributed by atoms with van der Waals surface area (Å²) in [6.45, 7) is 1.92. The Kier molecular flexibility index (Phi) is 2.25. The van der Waals surface area contributed by atoms with Gasteiger partial charge >= 0.3 is 0 Å². The fraction of sp³-hybridized carbons (Fsp3) is 0.125. The summed E-state index contributed by atoms with van der Waals surface area (Å²) >= 11 is 6.88. The number of hydrogen-bond acceptors (Lipinski definition) is 4. The van der Waals surface area contributed by atoms with Gasteiger partial charge in [0.05, 0.1) is 0 Å². The third-order valence-electron chi connectivity index (χ3n) is 1.78. The van der Waals surface area contributed by atoms with Crippen molar-refractivity contribution in [1.82, 2.24) is 0 Å². The van der Waals surface area contributed by atoms with E-state index in [1.807, 2.05) is 13.0 Å². The monoisotopic (exact) mass is 247 g/mol. The molecule has 0 N–H and O–H groups in total. The van der Waals surface area contributed by atoms with Gasteiger partial charge in [-0.3, -0.25) is 0 Å². The second kappa shape index (κ2) is 3.18. The maximum absolute atomic E-state index is 11.6. The van der Waals surface area contributed by atoms with Crippen molar-refractivity contribution >= 4 is 42.2 Å². The molecule has 0 radical (unpaired) electrons. The molecule has 74 valence electrons. The number of halogens is 1. The number of rotatable bonds is 1. The molecule has 0 unspecified atom stereocenters. The zero-order chi connectivity index (χ0) is 10.3. The van der Waals surface area contributed by atoms with E-state index in [4.69, 9.17) is 11.6 Å². The van der Waals surface area contributed by atoms with Crippen LogP contribution < -0.4 is 0 Å². The average molecular weight is 248 g/mol. The van der Waals surface area contributed by atoms with E-state index in [0.29, 0.717) is 4.88 Å². The predicted molar refractivity (Wildman–Crippen MR) is 59.2 cm³/mol. The molecule has 0 saturated carbocycles. The van der Waals surface area contributed by atoms with Gasteiger partial charge in [-0.1, -0.05) is 0 Å². The van der Waals surface area contributed by atoms with E-state index in [-0.39, 0.29) is 9.41 Å². The smallest absolute Gasteiger partial charge is 0.232 e. The van der Waals surface area contributed by atoms with Crippen LogP contribution in [-0.4, -0.2) is 12.9 Å². The highest BCUT2D eigenvalue weighted by Gasteiger charge is 2.30. The van der Waals surface area contributed by atoms with Crippen molar-refractivity contribution in [2.45, 2.75) is 6.92 Å². The maximum Gasteiger partial charge on any atom is 0.237 e. The van der Waals surface area contributed by atoms with Crippen LogP contribution in [0.25, 0.3) is 4.91 Å². The summed E-state index contributed by atoms with van der Waals surface area (Å²) in [4.78, 5) is 5.53. The Bertz CT molecular complexity index is 539. The molecule has 0 amide bonds. The van der Waals surface area contributed by atoms with Crippen LogP contribution in [0, 0.1) is 6.92 Å². The molecule has 1 aromatic rings. The van der Waals surface area contributed by atoms with Gasteiger partial charge in [0.2, 0.25) is 14.3 Å². The van der Waals surface area contributed by atoms with E-state index in [1.165, 1.54) is 17.5 Å². The van der Waals surface area contributed by atoms with E-state index in [1.54, 1.807) is 6.07 Å². The number of thiophene rings is 1. The minimum atomic E-state index is -3.52. The van der Waals surface area contributed by atoms with E-state index in [0.717, 1.165) is 4.88 Å². The molecule has 0 saturated heterocycles. The fourth-order valence-corrected chi connectivity index (χ4v) is 3.52. The van der Waals surface area contributed by atoms with Crippen molar-refractivity contribution in [2.24, 2.45) is 4.99 Å². The molecule has 3 nitrogen and oxygen atoms in total. The highest BCUT2D eigenvalue weighted by Crippen LogP contribution is 2.33. The Morgan fingerprint density at radius 1 is 1.43 bits per heavy atom. The maximum atomic E-state index is 11.6. The van der Waals surface area contributed by atoms with Gasteiger partial charge in [-0.15, -0.1) is 11.3 Å². The second-order valence-electron chi connectivity index (χ2n) is 2.79. The standard InChI is InChI=1S/C8H6ClNO2S2/c1-5-2-3-6(13-5)7-4-10-8(9)14(7,11)12/h2-4H,1H3. The van der Waals surface area contributed by atoms with Gasteiger partial charge in [-0.2, -0.15) is 0 Å². The van der Waals surface area contributed by atoms with Crippen molar-refractivity contribution in [2.75, 3.05) is 0 Å². The van der Waals surface area contributed by atoms with Crippen molar-refractivity contribution in [3.8, 4) is 0 Å². The normalized spacial score (nSPS) is 19.3. The first kappa shape index (κ1) is 9.89. The van der Waals surface area contributed by atoms with E-state index in [2.05, 4.69) is 4.99 Å². The summed E-state index contributed by atoms with van der Waals surface area (Å²) in [5, 5.41) is 0. The summed E-state index contributed by atoms with van der Waals surface area (Å²) in [7, 11) is -3.52. The number of nitrogens with zero attached hydrogens (tertiary/aromatic N) is 1. The van der Waals surface area contributed by atoms with Crippen LogP contribution in [-0.2, 0) is 9.84 Å². The molecule has 0 aromatic carbocycles. The number of sulfone groups is 1. The summed E-state index contributed by atoms with van der Waals surface area (Å²) in [6.07, 6.45) is 1.29. The number of aryl methyl sites for hydroxylation is 1. The second-order valence-corrected chi connectivity index (χ2v) is 6.49. The van der Waals surface area contributed by atoms with Crippen molar-refractivity contribution in [1.29, 1.82) is 0 Å². The molecule has 1 aromatic heterocycles. The molecule has 0 aliphatic carbocycles. The highest BCUT2D eigenvalue weighted by molar-refractivity contribution is 8.17. The largest absolute Gasteiger partial charge is 0.237 e. The van der Waals surface area contributed by atoms with E-state index >= 15 is 0 Å². The molecule has 0 fully saturated rings. The van der Waals surface area contributed by atoms with Crippen molar-refractivity contribution in [3.63, 3.8) is 0 Å². The molecule has 6 heteroatoms. The minimum absolute atomic E-state index is 0.195. The van der Waals surface area contributed by atoms with Gasteiger partial charge < -0.3 is 0 Å². The lowest BCUT2D eigenvalue weighted by molar-refractivity contribution is 0.617. The van der Waals surface area contributed by atoms with Crippen LogP contribution in [0.4, 0.5) is 0 Å². The first-order chi connectivity index (χ1) is 6.51. The molecule has 2 rings (SSSR count). The number of hydrogen-bond donors (Lipinski definition) is 0. The molecular weight excluding hydrogens is 242 g/mol. The summed E-state index contributed by atoms with van der Waals surface area (Å²) in [5.74, 6) is 0. The Morgan fingerprint density at radius 3 is 2.57 bits per heavy atom. The lowest BCUT2D eigenvalue weighted by Gasteiger charge is -1.96. The third-order valence-corrected chi connectivity index (χ3v) is 5.10. The molecule has 0 spiro atoms. The quantitative estimate of drug-likeness (QED) is 0.765. The Balaban J connectivity index is 2.51. The van der Waals surface area contributed by atoms with Gasteiger partial charge in [-0.25, -0.2) is 13.4 Å². The highest BCUT2D eigenvalue weighted by atomic mass is 35.5. The molecule has 2 heterocycles. The molecule has 1 aliphatic heterocycles. The van der Waals surface area contributed by atoms with Crippen LogP contribution in [0.2, 0.25) is 0 Å². The Hall–Kier alpha value is -0.650. The third kappa shape index (κ3) is 1.41. The van der Waals surface area contributed by atoms with Crippen LogP contribution in [0.3, 0.4) is 0 Å². The van der Waals surface area contributed by atoms with Gasteiger partial charge in [-0.05, 0) is 30.7 Å². The molecule has 14 heavy (non-hydrogen) atoms. The van der Waals surface area contributed by atoms with Crippen molar-refractivity contribution < 1.29 is 8.42 Å². The summed E-state index contributed by atoms with van der Waals surface area (Å²) in [6, 6.07) is 3.62. The molecule has 0 atom stereocenters. The first-order valence-electron chi connectivity index (χ1n) is 3.77.